The highest BCUT2D eigenvalue weighted by atomic mass is 16.5. The summed E-state index contributed by atoms with van der Waals surface area (Å²) in [4.78, 5) is 19.8. The number of nitrogens with zero attached hydrogens (tertiary/aromatic N) is 4. The van der Waals surface area contributed by atoms with Gasteiger partial charge in [0.05, 0.1) is 24.9 Å². The number of morpholine rings is 1. The number of aryl methyl sites for hydroxylation is 1. The van der Waals surface area contributed by atoms with Crippen LogP contribution in [0.4, 0.5) is 0 Å². The molecule has 4 heterocycles. The highest BCUT2D eigenvalue weighted by molar-refractivity contribution is 5.93. The first kappa shape index (κ1) is 20.6. The van der Waals surface area contributed by atoms with E-state index >= 15 is 0 Å². The Morgan fingerprint density at radius 2 is 1.93 bits per heavy atom. The largest absolute Gasteiger partial charge is 0.459 e. The normalized spacial score (nSPS) is 16.3. The predicted octanol–water partition coefficient (Wildman–Crippen LogP) is 3.61. The molecule has 7 nitrogen and oxygen atoms in total. The number of aromatic nitrogens is 3. The lowest BCUT2D eigenvalue weighted by Gasteiger charge is -2.34. The van der Waals surface area contributed by atoms with Crippen molar-refractivity contribution >= 4 is 11.5 Å². The van der Waals surface area contributed by atoms with E-state index in [1.165, 1.54) is 0 Å². The molecule has 1 aliphatic rings. The third-order valence-electron chi connectivity index (χ3n) is 5.82. The van der Waals surface area contributed by atoms with Gasteiger partial charge in [-0.05, 0) is 45.4 Å². The Balaban J connectivity index is 1.88. The van der Waals surface area contributed by atoms with Crippen molar-refractivity contribution in [2.45, 2.75) is 39.8 Å². The van der Waals surface area contributed by atoms with Crippen molar-refractivity contribution in [3.05, 3.63) is 47.5 Å². The van der Waals surface area contributed by atoms with Crippen LogP contribution in [0.5, 0.6) is 0 Å². The smallest absolute Gasteiger partial charge is 0.338 e. The van der Waals surface area contributed by atoms with E-state index < -0.39 is 0 Å². The molecule has 7 heteroatoms. The van der Waals surface area contributed by atoms with Crippen molar-refractivity contribution in [1.29, 1.82) is 0 Å². The lowest BCUT2D eigenvalue weighted by Crippen LogP contribution is -2.39. The summed E-state index contributed by atoms with van der Waals surface area (Å²) in [6, 6.07) is 4.15. The van der Waals surface area contributed by atoms with E-state index in [9.17, 15) is 4.79 Å². The highest BCUT2D eigenvalue weighted by Crippen LogP contribution is 2.32. The summed E-state index contributed by atoms with van der Waals surface area (Å²) in [5.41, 5.74) is 4.66. The summed E-state index contributed by atoms with van der Waals surface area (Å²) in [6.07, 6.45) is 5.69. The molecular formula is C23H30N4O3. The number of fused-ring (bicyclic) bond motifs is 1. The maximum absolute atomic E-state index is 12.9. The van der Waals surface area contributed by atoms with Gasteiger partial charge in [-0.2, -0.15) is 0 Å². The fourth-order valence-electron chi connectivity index (χ4n) is 4.28. The molecule has 0 N–H and O–H groups in total. The van der Waals surface area contributed by atoms with Crippen LogP contribution < -0.4 is 0 Å². The molecule has 0 spiro atoms. The van der Waals surface area contributed by atoms with Crippen LogP contribution in [0.1, 0.15) is 48.4 Å². The number of hydrogen-bond donors (Lipinski definition) is 0. The van der Waals surface area contributed by atoms with Crippen LogP contribution >= 0.6 is 0 Å². The zero-order valence-corrected chi connectivity index (χ0v) is 18.4. The number of imidazole rings is 1. The summed E-state index contributed by atoms with van der Waals surface area (Å²) in [6.45, 7) is 11.2. The third kappa shape index (κ3) is 3.75. The fourth-order valence-corrected chi connectivity index (χ4v) is 4.28. The second kappa shape index (κ2) is 8.24. The van der Waals surface area contributed by atoms with E-state index in [0.29, 0.717) is 5.56 Å². The Hall–Kier alpha value is -2.64. The van der Waals surface area contributed by atoms with Gasteiger partial charge in [-0.25, -0.2) is 9.78 Å². The molecule has 0 saturated carbocycles. The van der Waals surface area contributed by atoms with E-state index in [0.717, 1.165) is 54.5 Å². The van der Waals surface area contributed by atoms with Crippen LogP contribution in [0, 0.1) is 6.92 Å². The van der Waals surface area contributed by atoms with Crippen LogP contribution in [0.2, 0.25) is 0 Å². The summed E-state index contributed by atoms with van der Waals surface area (Å²) >= 11 is 0. The lowest BCUT2D eigenvalue weighted by molar-refractivity contribution is 0.0186. The molecule has 1 unspecified atom stereocenters. The molecule has 1 fully saturated rings. The quantitative estimate of drug-likeness (QED) is 0.602. The van der Waals surface area contributed by atoms with E-state index in [4.69, 9.17) is 9.47 Å². The van der Waals surface area contributed by atoms with Crippen molar-refractivity contribution < 1.29 is 14.3 Å². The summed E-state index contributed by atoms with van der Waals surface area (Å²) in [7, 11) is 1.98. The Bertz CT molecular complexity index is 1060. The highest BCUT2D eigenvalue weighted by Gasteiger charge is 2.26. The molecule has 0 aliphatic carbocycles. The van der Waals surface area contributed by atoms with Crippen LogP contribution in [0.3, 0.4) is 0 Å². The van der Waals surface area contributed by atoms with E-state index in [1.54, 1.807) is 6.20 Å². The van der Waals surface area contributed by atoms with Gasteiger partial charge in [-0.1, -0.05) is 0 Å². The van der Waals surface area contributed by atoms with Gasteiger partial charge in [0.25, 0.3) is 0 Å². The monoisotopic (exact) mass is 410 g/mol. The van der Waals surface area contributed by atoms with E-state index in [-0.39, 0.29) is 18.1 Å². The Kier molecular flexibility index (Phi) is 5.66. The summed E-state index contributed by atoms with van der Waals surface area (Å²) in [5, 5.41) is 0. The van der Waals surface area contributed by atoms with E-state index in [1.807, 2.05) is 44.6 Å². The first-order chi connectivity index (χ1) is 14.4. The molecule has 0 aromatic carbocycles. The topological polar surface area (TPSA) is 61.0 Å². The van der Waals surface area contributed by atoms with Gasteiger partial charge < -0.3 is 18.4 Å². The molecule has 0 radical (unpaired) electrons. The molecule has 1 atom stereocenters. The number of ether oxygens (including phenoxy) is 2. The number of carbonyl (C=O) groups excluding carboxylic acids is 1. The Morgan fingerprint density at radius 3 is 2.57 bits per heavy atom. The SMILES string of the molecule is Cc1c(C(=O)OC(C)C)cc2cc(-c3nccn3C)cn2c1C(C)N1CCOCC1. The average molecular weight is 411 g/mol. The van der Waals surface area contributed by atoms with Crippen molar-refractivity contribution in [2.24, 2.45) is 7.05 Å². The minimum atomic E-state index is -0.278. The van der Waals surface area contributed by atoms with Crippen molar-refractivity contribution in [2.75, 3.05) is 26.3 Å². The number of pyridine rings is 1. The van der Waals surface area contributed by atoms with Gasteiger partial charge in [0.1, 0.15) is 5.82 Å². The first-order valence-electron chi connectivity index (χ1n) is 10.5. The summed E-state index contributed by atoms with van der Waals surface area (Å²) < 4.78 is 15.3. The zero-order valence-electron chi connectivity index (χ0n) is 18.4. The molecule has 1 aliphatic heterocycles. The lowest BCUT2D eigenvalue weighted by atomic mass is 10.0. The molecule has 0 bridgehead atoms. The maximum Gasteiger partial charge on any atom is 0.338 e. The van der Waals surface area contributed by atoms with Crippen LogP contribution in [-0.4, -0.2) is 57.2 Å². The Labute approximate surface area is 177 Å². The van der Waals surface area contributed by atoms with Gasteiger partial charge >= 0.3 is 5.97 Å². The molecule has 3 aromatic heterocycles. The minimum absolute atomic E-state index is 0.129. The van der Waals surface area contributed by atoms with Crippen LogP contribution in [-0.2, 0) is 16.5 Å². The van der Waals surface area contributed by atoms with Crippen LogP contribution in [0.25, 0.3) is 16.9 Å². The van der Waals surface area contributed by atoms with E-state index in [2.05, 4.69) is 33.5 Å². The van der Waals surface area contributed by atoms with Gasteiger partial charge in [0.15, 0.2) is 0 Å². The standard InChI is InChI=1S/C23H30N4O3/c1-15(2)30-23(28)20-13-19-12-18(22-24-6-7-25(22)5)14-27(19)21(16(20)3)17(4)26-8-10-29-11-9-26/h6-7,12-15,17H,8-11H2,1-5H3. The van der Waals surface area contributed by atoms with Crippen molar-refractivity contribution in [3.63, 3.8) is 0 Å². The van der Waals surface area contributed by atoms with Gasteiger partial charge in [-0.3, -0.25) is 4.90 Å². The second-order valence-electron chi connectivity index (χ2n) is 8.23. The number of rotatable bonds is 5. The van der Waals surface area contributed by atoms with Crippen LogP contribution in [0.15, 0.2) is 30.7 Å². The predicted molar refractivity (Wildman–Crippen MR) is 116 cm³/mol. The molecule has 3 aromatic rings. The maximum atomic E-state index is 12.9. The number of hydrogen-bond acceptors (Lipinski definition) is 5. The van der Waals surface area contributed by atoms with Gasteiger partial charge in [0.2, 0.25) is 0 Å². The average Bonchev–Trinajstić information content (AvgIpc) is 3.32. The number of esters is 1. The molecule has 4 rings (SSSR count). The summed E-state index contributed by atoms with van der Waals surface area (Å²) in [5.74, 6) is 0.618. The van der Waals surface area contributed by atoms with Gasteiger partial charge in [0, 0.05) is 61.5 Å². The minimum Gasteiger partial charge on any atom is -0.459 e. The molecule has 1 saturated heterocycles. The third-order valence-corrected chi connectivity index (χ3v) is 5.82. The Morgan fingerprint density at radius 1 is 1.20 bits per heavy atom. The van der Waals surface area contributed by atoms with Gasteiger partial charge in [-0.15, -0.1) is 0 Å². The number of carbonyl (C=O) groups is 1. The molecule has 30 heavy (non-hydrogen) atoms. The fraction of sp³-hybridized carbons (Fsp3) is 0.478. The second-order valence-corrected chi connectivity index (χ2v) is 8.23. The molecular weight excluding hydrogens is 380 g/mol. The molecule has 0 amide bonds. The first-order valence-corrected chi connectivity index (χ1v) is 10.5. The molecule has 160 valence electrons. The van der Waals surface area contributed by atoms with Crippen molar-refractivity contribution in [3.8, 4) is 11.4 Å². The van der Waals surface area contributed by atoms with Crippen molar-refractivity contribution in [1.82, 2.24) is 18.9 Å². The zero-order chi connectivity index (χ0) is 21.4.